The summed E-state index contributed by atoms with van der Waals surface area (Å²) in [7, 11) is 0. The van der Waals surface area contributed by atoms with Crippen molar-refractivity contribution in [2.24, 2.45) is 5.92 Å². The minimum Gasteiger partial charge on any atom is -0.398 e. The summed E-state index contributed by atoms with van der Waals surface area (Å²) < 4.78 is 0. The van der Waals surface area contributed by atoms with Gasteiger partial charge in [-0.3, -0.25) is 0 Å². The lowest BCUT2D eigenvalue weighted by Gasteiger charge is -2.27. The van der Waals surface area contributed by atoms with Crippen molar-refractivity contribution in [3.05, 3.63) is 23.8 Å². The summed E-state index contributed by atoms with van der Waals surface area (Å²) in [5, 5.41) is 12.3. The van der Waals surface area contributed by atoms with Gasteiger partial charge >= 0.3 is 0 Å². The number of anilines is 2. The van der Waals surface area contributed by atoms with Gasteiger partial charge in [0.05, 0.1) is 11.3 Å². The van der Waals surface area contributed by atoms with Crippen molar-refractivity contribution in [2.45, 2.75) is 38.6 Å². The minimum atomic E-state index is 0.549. The number of nitrogens with one attached hydrogen (secondary N) is 1. The van der Waals surface area contributed by atoms with Crippen LogP contribution in [0.3, 0.4) is 0 Å². The Bertz CT molecular complexity index is 426. The molecule has 0 unspecified atom stereocenters. The van der Waals surface area contributed by atoms with Gasteiger partial charge in [0, 0.05) is 11.7 Å². The highest BCUT2D eigenvalue weighted by molar-refractivity contribution is 5.62. The van der Waals surface area contributed by atoms with Crippen LogP contribution in [0.1, 0.15) is 38.2 Å². The average Bonchev–Trinajstić information content (AvgIpc) is 2.32. The highest BCUT2D eigenvalue weighted by atomic mass is 14.9. The second kappa shape index (κ2) is 5.09. The molecule has 0 saturated heterocycles. The third kappa shape index (κ3) is 2.91. The molecule has 1 saturated carbocycles. The number of nitriles is 1. The maximum absolute atomic E-state index is 8.81. The van der Waals surface area contributed by atoms with E-state index in [1.807, 2.05) is 12.1 Å². The molecule has 0 heterocycles. The monoisotopic (exact) mass is 229 g/mol. The molecule has 0 aromatic heterocycles. The van der Waals surface area contributed by atoms with E-state index < -0.39 is 0 Å². The maximum atomic E-state index is 8.81. The van der Waals surface area contributed by atoms with E-state index in [1.165, 1.54) is 25.7 Å². The number of hydrogen-bond acceptors (Lipinski definition) is 3. The molecule has 0 bridgehead atoms. The fraction of sp³-hybridized carbons (Fsp3) is 0.500. The van der Waals surface area contributed by atoms with Gasteiger partial charge in [-0.15, -0.1) is 0 Å². The molecule has 0 atom stereocenters. The van der Waals surface area contributed by atoms with Crippen LogP contribution < -0.4 is 11.1 Å². The smallest absolute Gasteiger partial charge is 0.101 e. The SMILES string of the molecule is CC1CCC(Nc2ccc(C#N)c(N)c2)CC1. The van der Waals surface area contributed by atoms with E-state index >= 15 is 0 Å². The Morgan fingerprint density at radius 1 is 1.29 bits per heavy atom. The normalized spacial score (nSPS) is 24.0. The first kappa shape index (κ1) is 11.8. The van der Waals surface area contributed by atoms with Crippen LogP contribution in [0.2, 0.25) is 0 Å². The van der Waals surface area contributed by atoms with Gasteiger partial charge in [-0.2, -0.15) is 5.26 Å². The lowest BCUT2D eigenvalue weighted by molar-refractivity contribution is 0.361. The molecule has 0 amide bonds. The van der Waals surface area contributed by atoms with Gasteiger partial charge in [-0.25, -0.2) is 0 Å². The Morgan fingerprint density at radius 3 is 2.59 bits per heavy atom. The average molecular weight is 229 g/mol. The Labute approximate surface area is 103 Å². The summed E-state index contributed by atoms with van der Waals surface area (Å²) >= 11 is 0. The standard InChI is InChI=1S/C14H19N3/c1-10-2-5-12(6-3-10)17-13-7-4-11(9-15)14(16)8-13/h4,7-8,10,12,17H,2-3,5-6,16H2,1H3. The number of rotatable bonds is 2. The van der Waals surface area contributed by atoms with Crippen molar-refractivity contribution in [2.75, 3.05) is 11.1 Å². The summed E-state index contributed by atoms with van der Waals surface area (Å²) in [4.78, 5) is 0. The van der Waals surface area contributed by atoms with Crippen LogP contribution in [-0.4, -0.2) is 6.04 Å². The molecule has 1 aromatic rings. The molecule has 0 spiro atoms. The quantitative estimate of drug-likeness (QED) is 0.766. The molecule has 17 heavy (non-hydrogen) atoms. The molecule has 3 heteroatoms. The number of benzene rings is 1. The van der Waals surface area contributed by atoms with E-state index in [2.05, 4.69) is 18.3 Å². The second-order valence-corrected chi connectivity index (χ2v) is 5.01. The summed E-state index contributed by atoms with van der Waals surface area (Å²) in [6, 6.07) is 8.21. The molecule has 0 aliphatic heterocycles. The molecule has 3 nitrogen and oxygen atoms in total. The van der Waals surface area contributed by atoms with Gasteiger partial charge in [0.1, 0.15) is 6.07 Å². The molecular weight excluding hydrogens is 210 g/mol. The second-order valence-electron chi connectivity index (χ2n) is 5.01. The Kier molecular flexibility index (Phi) is 3.53. The summed E-state index contributed by atoms with van der Waals surface area (Å²) in [6.07, 6.45) is 5.04. The highest BCUT2D eigenvalue weighted by Crippen LogP contribution is 2.27. The molecule has 1 fully saturated rings. The molecule has 1 aliphatic carbocycles. The van der Waals surface area contributed by atoms with E-state index in [0.717, 1.165) is 11.6 Å². The topological polar surface area (TPSA) is 61.8 Å². The first-order valence-corrected chi connectivity index (χ1v) is 6.25. The fourth-order valence-corrected chi connectivity index (χ4v) is 2.39. The van der Waals surface area contributed by atoms with Crippen LogP contribution >= 0.6 is 0 Å². The molecule has 3 N–H and O–H groups in total. The minimum absolute atomic E-state index is 0.549. The largest absolute Gasteiger partial charge is 0.398 e. The van der Waals surface area contributed by atoms with E-state index in [0.29, 0.717) is 17.3 Å². The van der Waals surface area contributed by atoms with Crippen LogP contribution in [0, 0.1) is 17.2 Å². The van der Waals surface area contributed by atoms with Gasteiger partial charge < -0.3 is 11.1 Å². The number of nitrogens with two attached hydrogens (primary N) is 1. The van der Waals surface area contributed by atoms with Crippen molar-refractivity contribution >= 4 is 11.4 Å². The molecule has 0 radical (unpaired) electrons. The van der Waals surface area contributed by atoms with Gasteiger partial charge in [0.25, 0.3) is 0 Å². The number of nitrogens with zero attached hydrogens (tertiary/aromatic N) is 1. The van der Waals surface area contributed by atoms with E-state index in [1.54, 1.807) is 6.07 Å². The lowest BCUT2D eigenvalue weighted by atomic mass is 9.87. The lowest BCUT2D eigenvalue weighted by Crippen LogP contribution is -2.25. The number of hydrogen-bond donors (Lipinski definition) is 2. The molecule has 1 aromatic carbocycles. The van der Waals surface area contributed by atoms with Crippen molar-refractivity contribution in [1.82, 2.24) is 0 Å². The van der Waals surface area contributed by atoms with Crippen molar-refractivity contribution in [3.63, 3.8) is 0 Å². The molecule has 1 aliphatic rings. The maximum Gasteiger partial charge on any atom is 0.101 e. The van der Waals surface area contributed by atoms with Crippen molar-refractivity contribution in [1.29, 1.82) is 5.26 Å². The highest BCUT2D eigenvalue weighted by Gasteiger charge is 2.17. The first-order chi connectivity index (χ1) is 8.19. The van der Waals surface area contributed by atoms with Gasteiger partial charge in [0.2, 0.25) is 0 Å². The Balaban J connectivity index is 2.00. The van der Waals surface area contributed by atoms with Gasteiger partial charge in [0.15, 0.2) is 0 Å². The van der Waals surface area contributed by atoms with E-state index in [9.17, 15) is 0 Å². The van der Waals surface area contributed by atoms with Crippen LogP contribution in [0.15, 0.2) is 18.2 Å². The zero-order valence-corrected chi connectivity index (χ0v) is 10.2. The molecular formula is C14H19N3. The summed E-state index contributed by atoms with van der Waals surface area (Å²) in [5.41, 5.74) is 7.93. The predicted molar refractivity (Wildman–Crippen MR) is 70.6 cm³/mol. The zero-order valence-electron chi connectivity index (χ0n) is 10.2. The first-order valence-electron chi connectivity index (χ1n) is 6.25. The van der Waals surface area contributed by atoms with Crippen molar-refractivity contribution < 1.29 is 0 Å². The van der Waals surface area contributed by atoms with Crippen molar-refractivity contribution in [3.8, 4) is 6.07 Å². The van der Waals surface area contributed by atoms with Gasteiger partial charge in [-0.05, 0) is 49.8 Å². The van der Waals surface area contributed by atoms with Gasteiger partial charge in [-0.1, -0.05) is 6.92 Å². The summed E-state index contributed by atoms with van der Waals surface area (Å²) in [5.74, 6) is 0.860. The van der Waals surface area contributed by atoms with Crippen LogP contribution in [0.4, 0.5) is 11.4 Å². The van der Waals surface area contributed by atoms with Crippen LogP contribution in [0.5, 0.6) is 0 Å². The zero-order chi connectivity index (χ0) is 12.3. The Morgan fingerprint density at radius 2 is 2.00 bits per heavy atom. The fourth-order valence-electron chi connectivity index (χ4n) is 2.39. The molecule has 2 rings (SSSR count). The summed E-state index contributed by atoms with van der Waals surface area (Å²) in [6.45, 7) is 2.32. The van der Waals surface area contributed by atoms with E-state index in [-0.39, 0.29) is 0 Å². The van der Waals surface area contributed by atoms with Crippen LogP contribution in [0.25, 0.3) is 0 Å². The number of nitrogen functional groups attached to an aromatic ring is 1. The predicted octanol–water partition coefficient (Wildman–Crippen LogP) is 3.13. The third-order valence-electron chi connectivity index (χ3n) is 3.56. The third-order valence-corrected chi connectivity index (χ3v) is 3.56. The van der Waals surface area contributed by atoms with Crippen LogP contribution in [-0.2, 0) is 0 Å². The Hall–Kier alpha value is -1.69. The molecule has 90 valence electrons. The van der Waals surface area contributed by atoms with E-state index in [4.69, 9.17) is 11.0 Å².